The monoisotopic (exact) mass is 453 g/mol. The van der Waals surface area contributed by atoms with Crippen LogP contribution < -0.4 is 5.32 Å². The van der Waals surface area contributed by atoms with E-state index in [1.807, 2.05) is 12.1 Å². The highest BCUT2D eigenvalue weighted by Crippen LogP contribution is 2.47. The van der Waals surface area contributed by atoms with E-state index in [2.05, 4.69) is 20.4 Å². The number of carbonyl (C=O) groups excluding carboxylic acids is 1. The Balaban J connectivity index is 1.24. The molecule has 1 saturated carbocycles. The highest BCUT2D eigenvalue weighted by atomic mass is 32.2. The molecular weight excluding hydrogens is 430 g/mol. The summed E-state index contributed by atoms with van der Waals surface area (Å²) in [4.78, 5) is 20.9. The summed E-state index contributed by atoms with van der Waals surface area (Å²) >= 11 is 0. The van der Waals surface area contributed by atoms with E-state index in [1.54, 1.807) is 23.3 Å². The van der Waals surface area contributed by atoms with Crippen molar-refractivity contribution in [3.8, 4) is 0 Å². The second-order valence-electron chi connectivity index (χ2n) is 8.11. The Labute approximate surface area is 185 Å². The summed E-state index contributed by atoms with van der Waals surface area (Å²) in [6.07, 6.45) is 10.1. The Morgan fingerprint density at radius 1 is 1.09 bits per heavy atom. The van der Waals surface area contributed by atoms with Gasteiger partial charge in [-0.1, -0.05) is 6.07 Å². The summed E-state index contributed by atoms with van der Waals surface area (Å²) in [6.45, 7) is 1.29. The van der Waals surface area contributed by atoms with Crippen molar-refractivity contribution in [3.63, 3.8) is 0 Å². The molecule has 1 aliphatic heterocycles. The average molecular weight is 454 g/mol. The van der Waals surface area contributed by atoms with Gasteiger partial charge in [0.25, 0.3) is 0 Å². The van der Waals surface area contributed by atoms with Gasteiger partial charge in [0.1, 0.15) is 10.7 Å². The summed E-state index contributed by atoms with van der Waals surface area (Å²) in [6, 6.07) is 6.93. The van der Waals surface area contributed by atoms with Crippen molar-refractivity contribution in [2.24, 2.45) is 5.92 Å². The Morgan fingerprint density at radius 3 is 2.66 bits per heavy atom. The number of aromatic nitrogens is 4. The van der Waals surface area contributed by atoms with Crippen LogP contribution >= 0.6 is 0 Å². The van der Waals surface area contributed by atoms with E-state index in [0.29, 0.717) is 19.0 Å². The molecule has 0 bridgehead atoms. The molecule has 3 aromatic rings. The number of anilines is 1. The van der Waals surface area contributed by atoms with E-state index in [9.17, 15) is 13.2 Å². The van der Waals surface area contributed by atoms with Gasteiger partial charge in [0, 0.05) is 43.9 Å². The number of hydrogen-bond donors (Lipinski definition) is 1. The third-order valence-electron chi connectivity index (χ3n) is 5.99. The Kier molecular flexibility index (Phi) is 5.48. The summed E-state index contributed by atoms with van der Waals surface area (Å²) in [5, 5.41) is 7.02. The first-order chi connectivity index (χ1) is 15.5. The fourth-order valence-electron chi connectivity index (χ4n) is 4.03. The number of pyridine rings is 2. The summed E-state index contributed by atoms with van der Waals surface area (Å²) in [5.74, 6) is 0.236. The highest BCUT2D eigenvalue weighted by molar-refractivity contribution is 7.91. The molecule has 3 aromatic heterocycles. The van der Waals surface area contributed by atoms with Crippen molar-refractivity contribution in [2.45, 2.75) is 41.0 Å². The fraction of sp³-hybridized carbons (Fsp3) is 0.364. The van der Waals surface area contributed by atoms with Crippen LogP contribution in [-0.4, -0.2) is 47.3 Å². The lowest BCUT2D eigenvalue weighted by Crippen LogP contribution is -2.19. The second kappa shape index (κ2) is 8.44. The molecule has 2 fully saturated rings. The molecule has 1 N–H and O–H groups in total. The number of nitrogens with one attached hydrogen (secondary N) is 1. The fourth-order valence-corrected chi connectivity index (χ4v) is 5.17. The molecule has 9 nitrogen and oxygen atoms in total. The van der Waals surface area contributed by atoms with Crippen LogP contribution in [0.1, 0.15) is 36.8 Å². The SMILES string of the molecule is O=C(Nc1ccc(S(=O)(=O)c2cnn(C3CCOCC3)c2)cn1)C1CC1c1cccnc1. The zero-order valence-corrected chi connectivity index (χ0v) is 18.1. The van der Waals surface area contributed by atoms with Crippen LogP contribution in [0.5, 0.6) is 0 Å². The van der Waals surface area contributed by atoms with Gasteiger partial charge in [-0.3, -0.25) is 14.5 Å². The molecule has 10 heteroatoms. The second-order valence-corrected chi connectivity index (χ2v) is 10.1. The van der Waals surface area contributed by atoms with Crippen LogP contribution in [0.3, 0.4) is 0 Å². The number of rotatable bonds is 6. The van der Waals surface area contributed by atoms with Crippen molar-refractivity contribution in [2.75, 3.05) is 18.5 Å². The zero-order valence-electron chi connectivity index (χ0n) is 17.3. The molecule has 0 spiro atoms. The first-order valence-electron chi connectivity index (χ1n) is 10.6. The highest BCUT2D eigenvalue weighted by Gasteiger charge is 2.44. The Hall–Kier alpha value is -3.11. The van der Waals surface area contributed by atoms with Crippen molar-refractivity contribution in [1.82, 2.24) is 19.7 Å². The molecule has 2 unspecified atom stereocenters. The van der Waals surface area contributed by atoms with Crippen LogP contribution in [0.25, 0.3) is 0 Å². The first kappa shape index (κ1) is 20.8. The molecular formula is C22H23N5O4S. The van der Waals surface area contributed by atoms with E-state index in [0.717, 1.165) is 24.8 Å². The predicted octanol–water partition coefficient (Wildman–Crippen LogP) is 2.60. The van der Waals surface area contributed by atoms with E-state index in [-0.39, 0.29) is 33.6 Å². The molecule has 2 atom stereocenters. The van der Waals surface area contributed by atoms with Crippen molar-refractivity contribution >= 4 is 21.6 Å². The lowest BCUT2D eigenvalue weighted by molar-refractivity contribution is -0.117. The summed E-state index contributed by atoms with van der Waals surface area (Å²) in [7, 11) is -3.75. The maximum absolute atomic E-state index is 13.0. The molecule has 1 aliphatic carbocycles. The third-order valence-corrected chi connectivity index (χ3v) is 7.68. The topological polar surface area (TPSA) is 116 Å². The van der Waals surface area contributed by atoms with Crippen LogP contribution in [0, 0.1) is 5.92 Å². The van der Waals surface area contributed by atoms with Crippen LogP contribution in [0.15, 0.2) is 65.0 Å². The van der Waals surface area contributed by atoms with Crippen molar-refractivity contribution < 1.29 is 17.9 Å². The van der Waals surface area contributed by atoms with Crippen LogP contribution in [0.4, 0.5) is 5.82 Å². The van der Waals surface area contributed by atoms with Crippen molar-refractivity contribution in [3.05, 3.63) is 60.8 Å². The molecule has 166 valence electrons. The van der Waals surface area contributed by atoms with Crippen LogP contribution in [0.2, 0.25) is 0 Å². The molecule has 32 heavy (non-hydrogen) atoms. The van der Waals surface area contributed by atoms with Gasteiger partial charge in [-0.05, 0) is 48.9 Å². The van der Waals surface area contributed by atoms with Gasteiger partial charge >= 0.3 is 0 Å². The standard InChI is InChI=1S/C22H23N5O4S/c28-22(20-10-19(20)15-2-1-7-23-11-15)26-21-4-3-17(12-24-21)32(29,30)18-13-25-27(14-18)16-5-8-31-9-6-16/h1-4,7,11-14,16,19-20H,5-6,8-10H2,(H,24,26,28). The average Bonchev–Trinajstić information content (AvgIpc) is 3.48. The van der Waals surface area contributed by atoms with E-state index in [1.165, 1.54) is 24.5 Å². The number of carbonyl (C=O) groups is 1. The number of sulfone groups is 1. The molecule has 1 amide bonds. The minimum Gasteiger partial charge on any atom is -0.381 e. The van der Waals surface area contributed by atoms with Gasteiger partial charge in [-0.15, -0.1) is 0 Å². The van der Waals surface area contributed by atoms with Gasteiger partial charge in [-0.25, -0.2) is 13.4 Å². The molecule has 0 radical (unpaired) electrons. The number of hydrogen-bond acceptors (Lipinski definition) is 7. The van der Waals surface area contributed by atoms with Gasteiger partial charge < -0.3 is 10.1 Å². The Morgan fingerprint density at radius 2 is 1.94 bits per heavy atom. The normalized spacial score (nSPS) is 21.2. The molecule has 5 rings (SSSR count). The largest absolute Gasteiger partial charge is 0.381 e. The smallest absolute Gasteiger partial charge is 0.229 e. The minimum absolute atomic E-state index is 0.0571. The third kappa shape index (κ3) is 4.15. The van der Waals surface area contributed by atoms with Gasteiger partial charge in [0.2, 0.25) is 15.7 Å². The lowest BCUT2D eigenvalue weighted by atomic mass is 10.1. The maximum Gasteiger partial charge on any atom is 0.229 e. The van der Waals surface area contributed by atoms with E-state index >= 15 is 0 Å². The van der Waals surface area contributed by atoms with E-state index < -0.39 is 9.84 Å². The quantitative estimate of drug-likeness (QED) is 0.610. The number of amides is 1. The maximum atomic E-state index is 13.0. The van der Waals surface area contributed by atoms with Crippen LogP contribution in [-0.2, 0) is 19.4 Å². The van der Waals surface area contributed by atoms with Gasteiger partial charge in [0.05, 0.1) is 17.1 Å². The van der Waals surface area contributed by atoms with Crippen molar-refractivity contribution in [1.29, 1.82) is 0 Å². The van der Waals surface area contributed by atoms with Gasteiger partial charge in [0.15, 0.2) is 0 Å². The predicted molar refractivity (Wildman–Crippen MR) is 115 cm³/mol. The zero-order chi connectivity index (χ0) is 22.1. The molecule has 4 heterocycles. The number of nitrogens with zero attached hydrogens (tertiary/aromatic N) is 4. The minimum atomic E-state index is -3.75. The van der Waals surface area contributed by atoms with Gasteiger partial charge in [-0.2, -0.15) is 5.10 Å². The summed E-state index contributed by atoms with van der Waals surface area (Å²) in [5.41, 5.74) is 1.04. The Bertz CT molecular complexity index is 1200. The molecule has 2 aliphatic rings. The van der Waals surface area contributed by atoms with E-state index in [4.69, 9.17) is 4.74 Å². The molecule has 1 saturated heterocycles. The molecule has 0 aromatic carbocycles. The lowest BCUT2D eigenvalue weighted by Gasteiger charge is -2.22. The number of ether oxygens (including phenoxy) is 1. The first-order valence-corrected chi connectivity index (χ1v) is 12.0. The summed E-state index contributed by atoms with van der Waals surface area (Å²) < 4.78 is 33.0.